The summed E-state index contributed by atoms with van der Waals surface area (Å²) in [6, 6.07) is 6.38. The van der Waals surface area contributed by atoms with Crippen molar-refractivity contribution in [2.75, 3.05) is 78.5 Å². The van der Waals surface area contributed by atoms with Gasteiger partial charge in [0.2, 0.25) is 0 Å². The highest BCUT2D eigenvalue weighted by Crippen LogP contribution is 2.19. The Morgan fingerprint density at radius 2 is 0.818 bits per heavy atom. The highest BCUT2D eigenvalue weighted by Gasteiger charge is 2.29. The summed E-state index contributed by atoms with van der Waals surface area (Å²) in [4.78, 5) is 71.7. The molecule has 1 aromatic carbocycles. The molecule has 0 N–H and O–H groups in total. The molecule has 1 aliphatic heterocycles. The van der Waals surface area contributed by atoms with Gasteiger partial charge in [0.1, 0.15) is 22.4 Å². The molecular weight excluding hydrogens is 710 g/mol. The van der Waals surface area contributed by atoms with Crippen LogP contribution in [0.25, 0.3) is 0 Å². The van der Waals surface area contributed by atoms with E-state index in [1.54, 1.807) is 12.1 Å². The SMILES string of the molecule is CC(C)(C)OC(=O)CN1CCN(CC(=O)OC(C)(C)C)CCN(CC(=O)OC(C)(C)C)CC(Cc2ccc([N+](=O)[O-])cc2)CN(CC(=O)OC(C)(C)C)CC1. The second-order valence-corrected chi connectivity index (χ2v) is 18.4. The maximum absolute atomic E-state index is 13.3. The number of carbonyl (C=O) groups is 4. The zero-order valence-corrected chi connectivity index (χ0v) is 35.4. The molecule has 312 valence electrons. The third-order valence-corrected chi connectivity index (χ3v) is 7.99. The summed E-state index contributed by atoms with van der Waals surface area (Å²) in [7, 11) is 0. The van der Waals surface area contributed by atoms with Crippen molar-refractivity contribution in [3.05, 3.63) is 39.9 Å². The van der Waals surface area contributed by atoms with Crippen molar-refractivity contribution in [2.24, 2.45) is 5.92 Å². The molecule has 0 spiro atoms. The monoisotopic (exact) mass is 777 g/mol. The lowest BCUT2D eigenvalue weighted by Crippen LogP contribution is -2.46. The zero-order valence-electron chi connectivity index (χ0n) is 35.4. The average molecular weight is 778 g/mol. The van der Waals surface area contributed by atoms with Crippen LogP contribution < -0.4 is 0 Å². The molecule has 15 nitrogen and oxygen atoms in total. The van der Waals surface area contributed by atoms with Gasteiger partial charge in [-0.05, 0) is 101 Å². The fraction of sp³-hybridized carbons (Fsp3) is 0.750. The predicted molar refractivity (Wildman–Crippen MR) is 209 cm³/mol. The van der Waals surface area contributed by atoms with Crippen molar-refractivity contribution in [1.82, 2.24) is 19.6 Å². The number of nitro benzene ring substituents is 1. The number of nitrogens with zero attached hydrogens (tertiary/aromatic N) is 5. The molecule has 1 aromatic rings. The minimum atomic E-state index is -0.704. The van der Waals surface area contributed by atoms with Gasteiger partial charge < -0.3 is 18.9 Å². The van der Waals surface area contributed by atoms with E-state index < -0.39 is 51.2 Å². The summed E-state index contributed by atoms with van der Waals surface area (Å²) in [6.45, 7) is 24.8. The summed E-state index contributed by atoms with van der Waals surface area (Å²) >= 11 is 0. The quantitative estimate of drug-likeness (QED) is 0.135. The number of esters is 4. The minimum Gasteiger partial charge on any atom is -0.459 e. The number of hydrogen-bond donors (Lipinski definition) is 0. The number of benzene rings is 1. The van der Waals surface area contributed by atoms with Crippen LogP contribution in [0.2, 0.25) is 0 Å². The summed E-state index contributed by atoms with van der Waals surface area (Å²) in [5, 5.41) is 11.4. The van der Waals surface area contributed by atoms with Crippen LogP contribution in [0.4, 0.5) is 5.69 Å². The summed E-state index contributed by atoms with van der Waals surface area (Å²) in [5.74, 6) is -1.77. The summed E-state index contributed by atoms with van der Waals surface area (Å²) in [5.41, 5.74) is -1.95. The first-order chi connectivity index (χ1) is 25.1. The van der Waals surface area contributed by atoms with Crippen LogP contribution in [0.3, 0.4) is 0 Å². The number of non-ortho nitro benzene ring substituents is 1. The lowest BCUT2D eigenvalue weighted by molar-refractivity contribution is -0.384. The van der Waals surface area contributed by atoms with E-state index in [1.807, 2.05) is 103 Å². The van der Waals surface area contributed by atoms with Gasteiger partial charge in [-0.25, -0.2) is 0 Å². The Labute approximate surface area is 328 Å². The largest absolute Gasteiger partial charge is 0.459 e. The normalized spacial score (nSPS) is 17.3. The number of rotatable bonds is 11. The number of ether oxygens (including phenoxy) is 4. The Morgan fingerprint density at radius 1 is 0.545 bits per heavy atom. The maximum Gasteiger partial charge on any atom is 0.320 e. The molecular formula is C40H67N5O10. The first-order valence-corrected chi connectivity index (χ1v) is 19.1. The fourth-order valence-electron chi connectivity index (χ4n) is 6.09. The van der Waals surface area contributed by atoms with Crippen LogP contribution >= 0.6 is 0 Å². The van der Waals surface area contributed by atoms with Gasteiger partial charge in [-0.2, -0.15) is 0 Å². The van der Waals surface area contributed by atoms with Crippen LogP contribution in [-0.4, -0.2) is 149 Å². The average Bonchev–Trinajstić information content (AvgIpc) is 2.97. The molecule has 1 aliphatic rings. The minimum absolute atomic E-state index is 0.00514. The van der Waals surface area contributed by atoms with Crippen LogP contribution in [0.5, 0.6) is 0 Å². The van der Waals surface area contributed by atoms with Crippen molar-refractivity contribution in [1.29, 1.82) is 0 Å². The van der Waals surface area contributed by atoms with Crippen LogP contribution in [0.15, 0.2) is 24.3 Å². The first kappa shape index (κ1) is 47.5. The second kappa shape index (κ2) is 20.5. The second-order valence-electron chi connectivity index (χ2n) is 18.4. The van der Waals surface area contributed by atoms with Crippen LogP contribution in [0.1, 0.15) is 88.6 Å². The van der Waals surface area contributed by atoms with Gasteiger partial charge in [-0.15, -0.1) is 0 Å². The lowest BCUT2D eigenvalue weighted by atomic mass is 9.97. The Morgan fingerprint density at radius 3 is 1.09 bits per heavy atom. The Bertz CT molecular complexity index is 1350. The Kier molecular flexibility index (Phi) is 17.7. The fourth-order valence-corrected chi connectivity index (χ4v) is 6.09. The molecule has 0 unspecified atom stereocenters. The van der Waals surface area contributed by atoms with E-state index >= 15 is 0 Å². The molecule has 55 heavy (non-hydrogen) atoms. The topological polar surface area (TPSA) is 161 Å². The number of carbonyl (C=O) groups excluding carboxylic acids is 4. The van der Waals surface area contributed by atoms with E-state index in [-0.39, 0.29) is 37.8 Å². The molecule has 0 aliphatic carbocycles. The van der Waals surface area contributed by atoms with Crippen molar-refractivity contribution in [3.8, 4) is 0 Å². The van der Waals surface area contributed by atoms with Gasteiger partial charge in [0, 0.05) is 64.5 Å². The summed E-state index contributed by atoms with van der Waals surface area (Å²) < 4.78 is 22.8. The summed E-state index contributed by atoms with van der Waals surface area (Å²) in [6.07, 6.45) is 0.483. The molecule has 0 amide bonds. The highest BCUT2D eigenvalue weighted by atomic mass is 16.6. The van der Waals surface area contributed by atoms with Crippen molar-refractivity contribution < 1.29 is 43.0 Å². The molecule has 0 radical (unpaired) electrons. The van der Waals surface area contributed by atoms with Crippen molar-refractivity contribution in [3.63, 3.8) is 0 Å². The van der Waals surface area contributed by atoms with E-state index in [1.165, 1.54) is 12.1 Å². The smallest absolute Gasteiger partial charge is 0.320 e. The lowest BCUT2D eigenvalue weighted by Gasteiger charge is -2.33. The van der Waals surface area contributed by atoms with Gasteiger partial charge >= 0.3 is 23.9 Å². The van der Waals surface area contributed by atoms with Crippen molar-refractivity contribution in [2.45, 2.75) is 112 Å². The Hall–Kier alpha value is -3.66. The molecule has 1 fully saturated rings. The van der Waals surface area contributed by atoms with E-state index in [2.05, 4.69) is 0 Å². The standard InChI is InChI=1S/C40H67N5O10/c1-37(2,3)52-33(46)26-41-17-18-42(27-34(47)53-38(4,5)6)20-22-44(29-36(49)55-40(10,11)12)25-31(23-30-13-15-32(16-14-30)45(50)51)24-43(21-19-41)28-35(48)54-39(7,8)9/h13-16,31H,17-29H2,1-12H3. The van der Waals surface area contributed by atoms with Crippen molar-refractivity contribution >= 4 is 29.6 Å². The molecule has 0 atom stereocenters. The third-order valence-electron chi connectivity index (χ3n) is 7.99. The van der Waals surface area contributed by atoms with Gasteiger partial charge in [0.25, 0.3) is 5.69 Å². The van der Waals surface area contributed by atoms with Gasteiger partial charge in [0.05, 0.1) is 31.1 Å². The van der Waals surface area contributed by atoms with E-state index in [9.17, 15) is 29.3 Å². The van der Waals surface area contributed by atoms with E-state index in [0.717, 1.165) is 5.56 Å². The molecule has 0 saturated carbocycles. The third kappa shape index (κ3) is 21.9. The van der Waals surface area contributed by atoms with Crippen LogP contribution in [-0.2, 0) is 44.5 Å². The molecule has 2 rings (SSSR count). The molecule has 15 heteroatoms. The van der Waals surface area contributed by atoms with E-state index in [4.69, 9.17) is 18.9 Å². The zero-order chi connectivity index (χ0) is 41.8. The van der Waals surface area contributed by atoms with Gasteiger partial charge in [0.15, 0.2) is 0 Å². The molecule has 1 heterocycles. The highest BCUT2D eigenvalue weighted by molar-refractivity contribution is 5.73. The van der Waals surface area contributed by atoms with Crippen LogP contribution in [0, 0.1) is 16.0 Å². The van der Waals surface area contributed by atoms with Gasteiger partial charge in [-0.1, -0.05) is 12.1 Å². The molecule has 1 saturated heterocycles. The number of nitro groups is 1. The molecule has 0 aromatic heterocycles. The first-order valence-electron chi connectivity index (χ1n) is 19.1. The van der Waals surface area contributed by atoms with Gasteiger partial charge in [-0.3, -0.25) is 48.9 Å². The molecule has 0 bridgehead atoms. The van der Waals surface area contributed by atoms with E-state index in [0.29, 0.717) is 58.8 Å². The number of hydrogen-bond acceptors (Lipinski definition) is 14. The predicted octanol–water partition coefficient (Wildman–Crippen LogP) is 4.34. The maximum atomic E-state index is 13.3. The Balaban J connectivity index is 2.61.